The molecule has 134 valence electrons. The molecule has 2 aromatic carbocycles. The molecule has 2 heterocycles. The van der Waals surface area contributed by atoms with E-state index < -0.39 is 0 Å². The Balaban J connectivity index is 1.56. The van der Waals surface area contributed by atoms with E-state index in [9.17, 15) is 9.59 Å². The molecule has 0 aromatic heterocycles. The molecule has 2 aliphatic heterocycles. The van der Waals surface area contributed by atoms with Gasteiger partial charge in [-0.05, 0) is 16.7 Å². The molecule has 0 bridgehead atoms. The zero-order valence-corrected chi connectivity index (χ0v) is 14.3. The van der Waals surface area contributed by atoms with Crippen molar-refractivity contribution in [2.75, 3.05) is 19.8 Å². The molecule has 0 aliphatic carbocycles. The van der Waals surface area contributed by atoms with Gasteiger partial charge in [-0.25, -0.2) is 9.59 Å². The minimum Gasteiger partial charge on any atom is -0.448 e. The van der Waals surface area contributed by atoms with Gasteiger partial charge in [-0.1, -0.05) is 54.6 Å². The van der Waals surface area contributed by atoms with Crippen molar-refractivity contribution in [2.45, 2.75) is 19.1 Å². The van der Waals surface area contributed by atoms with E-state index in [2.05, 4.69) is 0 Å². The highest BCUT2D eigenvalue weighted by Gasteiger charge is 2.34. The predicted molar refractivity (Wildman–Crippen MR) is 94.3 cm³/mol. The lowest BCUT2D eigenvalue weighted by molar-refractivity contribution is 0.154. The molecule has 2 aromatic rings. The van der Waals surface area contributed by atoms with E-state index in [0.29, 0.717) is 32.8 Å². The van der Waals surface area contributed by atoms with E-state index in [0.717, 1.165) is 16.7 Å². The fraction of sp³-hybridized carbons (Fsp3) is 0.300. The van der Waals surface area contributed by atoms with E-state index in [1.165, 1.54) is 0 Å². The molecule has 0 radical (unpaired) electrons. The van der Waals surface area contributed by atoms with E-state index in [1.807, 2.05) is 54.6 Å². The van der Waals surface area contributed by atoms with Gasteiger partial charge >= 0.3 is 12.2 Å². The highest BCUT2D eigenvalue weighted by molar-refractivity contribution is 5.71. The van der Waals surface area contributed by atoms with Crippen LogP contribution in [0.5, 0.6) is 0 Å². The number of amides is 2. The topological polar surface area (TPSA) is 59.1 Å². The summed E-state index contributed by atoms with van der Waals surface area (Å²) < 4.78 is 10.3. The number of hydrogen-bond acceptors (Lipinski definition) is 4. The third kappa shape index (κ3) is 3.22. The van der Waals surface area contributed by atoms with Gasteiger partial charge in [-0.15, -0.1) is 0 Å². The van der Waals surface area contributed by atoms with Crippen molar-refractivity contribution in [1.82, 2.24) is 9.80 Å². The van der Waals surface area contributed by atoms with Crippen LogP contribution in [0.15, 0.2) is 54.6 Å². The number of hydrogen-bond donors (Lipinski definition) is 0. The Morgan fingerprint density at radius 1 is 0.846 bits per heavy atom. The molecular formula is C20H20N2O4. The first kappa shape index (κ1) is 16.4. The lowest BCUT2D eigenvalue weighted by atomic mass is 10.0. The molecule has 2 fully saturated rings. The number of rotatable bonds is 5. The van der Waals surface area contributed by atoms with Crippen LogP contribution in [-0.4, -0.2) is 41.7 Å². The van der Waals surface area contributed by atoms with Gasteiger partial charge in [0.2, 0.25) is 0 Å². The Morgan fingerprint density at radius 2 is 1.54 bits per heavy atom. The van der Waals surface area contributed by atoms with Crippen LogP contribution in [-0.2, 0) is 22.6 Å². The van der Waals surface area contributed by atoms with Crippen LogP contribution >= 0.6 is 0 Å². The maximum absolute atomic E-state index is 12.3. The molecule has 2 amide bonds. The molecule has 1 atom stereocenters. The van der Waals surface area contributed by atoms with Gasteiger partial charge in [0.1, 0.15) is 13.2 Å². The molecule has 6 nitrogen and oxygen atoms in total. The summed E-state index contributed by atoms with van der Waals surface area (Å²) in [6.45, 7) is 2.29. The molecule has 2 aliphatic rings. The first-order valence-electron chi connectivity index (χ1n) is 8.69. The third-order valence-electron chi connectivity index (χ3n) is 4.82. The van der Waals surface area contributed by atoms with Gasteiger partial charge in [0.25, 0.3) is 0 Å². The summed E-state index contributed by atoms with van der Waals surface area (Å²) >= 11 is 0. The average molecular weight is 352 g/mol. The van der Waals surface area contributed by atoms with Crippen LogP contribution in [0.1, 0.15) is 22.7 Å². The summed E-state index contributed by atoms with van der Waals surface area (Å²) in [7, 11) is 0. The van der Waals surface area contributed by atoms with Crippen LogP contribution in [0.3, 0.4) is 0 Å². The van der Waals surface area contributed by atoms with Crippen molar-refractivity contribution in [3.05, 3.63) is 71.3 Å². The van der Waals surface area contributed by atoms with Crippen molar-refractivity contribution in [2.24, 2.45) is 0 Å². The Hall–Kier alpha value is -3.02. The number of nitrogens with zero attached hydrogens (tertiary/aromatic N) is 2. The lowest BCUT2D eigenvalue weighted by Crippen LogP contribution is -2.29. The number of benzene rings is 2. The standard InChI is InChI=1S/C20H20N2O4/c23-19-21(10-11-25-19)12-16-8-4-5-9-17(16)13-22-18(14-26-20(22)24)15-6-2-1-3-7-15/h1-9,18H,10-14H2. The monoisotopic (exact) mass is 352 g/mol. The van der Waals surface area contributed by atoms with E-state index in [4.69, 9.17) is 9.47 Å². The van der Waals surface area contributed by atoms with Crippen molar-refractivity contribution in [1.29, 1.82) is 0 Å². The van der Waals surface area contributed by atoms with Crippen molar-refractivity contribution in [3.63, 3.8) is 0 Å². The Labute approximate surface area is 151 Å². The second-order valence-electron chi connectivity index (χ2n) is 6.44. The molecule has 0 saturated carbocycles. The highest BCUT2D eigenvalue weighted by atomic mass is 16.6. The largest absolute Gasteiger partial charge is 0.448 e. The van der Waals surface area contributed by atoms with Gasteiger partial charge in [0.15, 0.2) is 0 Å². The Kier molecular flexibility index (Phi) is 4.48. The van der Waals surface area contributed by atoms with Crippen LogP contribution < -0.4 is 0 Å². The average Bonchev–Trinajstić information content (AvgIpc) is 3.24. The smallest absolute Gasteiger partial charge is 0.410 e. The fourth-order valence-corrected chi connectivity index (χ4v) is 3.40. The Morgan fingerprint density at radius 3 is 2.23 bits per heavy atom. The summed E-state index contributed by atoms with van der Waals surface area (Å²) in [5.41, 5.74) is 3.07. The van der Waals surface area contributed by atoms with E-state index in [1.54, 1.807) is 9.80 Å². The lowest BCUT2D eigenvalue weighted by Gasteiger charge is -2.24. The first-order valence-corrected chi connectivity index (χ1v) is 8.69. The molecule has 26 heavy (non-hydrogen) atoms. The minimum absolute atomic E-state index is 0.103. The van der Waals surface area contributed by atoms with Crippen molar-refractivity contribution < 1.29 is 19.1 Å². The maximum Gasteiger partial charge on any atom is 0.410 e. The van der Waals surface area contributed by atoms with Crippen LogP contribution in [0.2, 0.25) is 0 Å². The van der Waals surface area contributed by atoms with Crippen molar-refractivity contribution >= 4 is 12.2 Å². The zero-order valence-electron chi connectivity index (χ0n) is 14.3. The number of carbonyl (C=O) groups is 2. The highest BCUT2D eigenvalue weighted by Crippen LogP contribution is 2.30. The molecule has 0 N–H and O–H groups in total. The number of carbonyl (C=O) groups excluding carboxylic acids is 2. The third-order valence-corrected chi connectivity index (χ3v) is 4.82. The summed E-state index contributed by atoms with van der Waals surface area (Å²) in [5, 5.41) is 0. The summed E-state index contributed by atoms with van der Waals surface area (Å²) in [6, 6.07) is 17.6. The molecule has 6 heteroatoms. The molecule has 0 spiro atoms. The molecule has 1 unspecified atom stereocenters. The van der Waals surface area contributed by atoms with Crippen LogP contribution in [0, 0.1) is 0 Å². The quantitative estimate of drug-likeness (QED) is 0.828. The zero-order chi connectivity index (χ0) is 17.9. The van der Waals surface area contributed by atoms with Gasteiger partial charge in [0, 0.05) is 6.54 Å². The number of ether oxygens (including phenoxy) is 2. The van der Waals surface area contributed by atoms with Gasteiger partial charge < -0.3 is 14.4 Å². The van der Waals surface area contributed by atoms with Gasteiger partial charge in [-0.3, -0.25) is 4.90 Å². The van der Waals surface area contributed by atoms with Crippen LogP contribution in [0.25, 0.3) is 0 Å². The van der Waals surface area contributed by atoms with Gasteiger partial charge in [-0.2, -0.15) is 0 Å². The summed E-state index contributed by atoms with van der Waals surface area (Å²) in [6.07, 6.45) is -0.600. The summed E-state index contributed by atoms with van der Waals surface area (Å²) in [4.78, 5) is 27.5. The maximum atomic E-state index is 12.3. The number of cyclic esters (lactones) is 2. The summed E-state index contributed by atoms with van der Waals surface area (Å²) in [5.74, 6) is 0. The van der Waals surface area contributed by atoms with E-state index >= 15 is 0 Å². The Bertz CT molecular complexity index is 808. The van der Waals surface area contributed by atoms with Crippen LogP contribution in [0.4, 0.5) is 9.59 Å². The van der Waals surface area contributed by atoms with Crippen molar-refractivity contribution in [3.8, 4) is 0 Å². The minimum atomic E-state index is -0.311. The SMILES string of the molecule is O=C1OCCN1Cc1ccccc1CN1C(=O)OCC1c1ccccc1. The predicted octanol–water partition coefficient (Wildman–Crippen LogP) is 3.33. The molecular weight excluding hydrogens is 332 g/mol. The normalized spacial score (nSPS) is 19.6. The van der Waals surface area contributed by atoms with E-state index in [-0.39, 0.29) is 18.2 Å². The first-order chi connectivity index (χ1) is 12.7. The molecule has 4 rings (SSSR count). The molecule has 2 saturated heterocycles. The second kappa shape index (κ2) is 7.07. The second-order valence-corrected chi connectivity index (χ2v) is 6.44. The van der Waals surface area contributed by atoms with Gasteiger partial charge in [0.05, 0.1) is 19.1 Å². The fourth-order valence-electron chi connectivity index (χ4n) is 3.40.